The van der Waals surface area contributed by atoms with E-state index in [4.69, 9.17) is 5.11 Å². The van der Waals surface area contributed by atoms with Crippen LogP contribution in [-0.2, 0) is 4.79 Å². The van der Waals surface area contributed by atoms with Gasteiger partial charge in [0.25, 0.3) is 0 Å². The highest BCUT2D eigenvalue weighted by Gasteiger charge is 2.06. The smallest absolute Gasteiger partial charge is 0.250 e. The normalized spacial score (nSPS) is 10.7. The molecule has 3 aromatic rings. The zero-order chi connectivity index (χ0) is 13.9. The highest BCUT2D eigenvalue weighted by Crippen LogP contribution is 2.22. The van der Waals surface area contributed by atoms with Gasteiger partial charge in [-0.15, -0.1) is 0 Å². The number of imidazole rings is 1. The fourth-order valence-corrected chi connectivity index (χ4v) is 2.03. The van der Waals surface area contributed by atoms with E-state index < -0.39 is 12.5 Å². The van der Waals surface area contributed by atoms with Crippen LogP contribution in [0.1, 0.15) is 0 Å². The molecule has 3 rings (SSSR count). The summed E-state index contributed by atoms with van der Waals surface area (Å²) >= 11 is 0. The quantitative estimate of drug-likeness (QED) is 0.680. The van der Waals surface area contributed by atoms with Crippen LogP contribution < -0.4 is 5.32 Å². The molecule has 0 atom stereocenters. The molecule has 0 bridgehead atoms. The third-order valence-corrected chi connectivity index (χ3v) is 2.95. The molecule has 0 unspecified atom stereocenters. The van der Waals surface area contributed by atoms with Crippen LogP contribution in [0, 0.1) is 0 Å². The number of carbonyl (C=O) groups is 1. The molecule has 5 nitrogen and oxygen atoms in total. The number of rotatable bonds is 3. The number of anilines is 1. The molecule has 0 aliphatic heterocycles. The van der Waals surface area contributed by atoms with Crippen LogP contribution in [0.5, 0.6) is 0 Å². The first-order chi connectivity index (χ1) is 9.76. The van der Waals surface area contributed by atoms with Crippen molar-refractivity contribution in [3.05, 3.63) is 48.5 Å². The van der Waals surface area contributed by atoms with Gasteiger partial charge in [-0.1, -0.05) is 24.3 Å². The van der Waals surface area contributed by atoms with Gasteiger partial charge in [-0.3, -0.25) is 4.79 Å². The van der Waals surface area contributed by atoms with Gasteiger partial charge >= 0.3 is 0 Å². The number of nitrogens with one attached hydrogen (secondary N) is 2. The molecule has 1 amide bonds. The van der Waals surface area contributed by atoms with Crippen LogP contribution in [0.4, 0.5) is 5.69 Å². The molecule has 20 heavy (non-hydrogen) atoms. The maximum absolute atomic E-state index is 11.2. The average Bonchev–Trinajstić information content (AvgIpc) is 2.91. The van der Waals surface area contributed by atoms with Crippen LogP contribution in [0.25, 0.3) is 22.4 Å². The largest absolute Gasteiger partial charge is 0.387 e. The van der Waals surface area contributed by atoms with Crippen molar-refractivity contribution in [1.29, 1.82) is 0 Å². The number of carbonyl (C=O) groups excluding carboxylic acids is 1. The Labute approximate surface area is 115 Å². The fourth-order valence-electron chi connectivity index (χ4n) is 2.03. The lowest BCUT2D eigenvalue weighted by Crippen LogP contribution is -2.15. The first-order valence-corrected chi connectivity index (χ1v) is 6.22. The minimum absolute atomic E-state index is 0.438. The van der Waals surface area contributed by atoms with Crippen molar-refractivity contribution in [2.75, 3.05) is 11.9 Å². The minimum atomic E-state index is -0.533. The first-order valence-electron chi connectivity index (χ1n) is 6.22. The molecule has 5 heteroatoms. The van der Waals surface area contributed by atoms with E-state index in [1.54, 1.807) is 6.07 Å². The number of amides is 1. The van der Waals surface area contributed by atoms with E-state index in [1.807, 2.05) is 42.5 Å². The second-order valence-electron chi connectivity index (χ2n) is 4.39. The van der Waals surface area contributed by atoms with E-state index in [9.17, 15) is 4.79 Å². The number of aromatic nitrogens is 2. The predicted octanol–water partition coefficient (Wildman–Crippen LogP) is 2.16. The summed E-state index contributed by atoms with van der Waals surface area (Å²) in [6.07, 6.45) is 0. The highest BCUT2D eigenvalue weighted by atomic mass is 16.3. The number of aromatic amines is 1. The number of H-pyrrole nitrogens is 1. The highest BCUT2D eigenvalue weighted by molar-refractivity contribution is 5.92. The lowest BCUT2D eigenvalue weighted by atomic mass is 10.2. The van der Waals surface area contributed by atoms with Crippen LogP contribution in [0.2, 0.25) is 0 Å². The molecule has 0 fully saturated rings. The topological polar surface area (TPSA) is 78.0 Å². The molecule has 100 valence electrons. The predicted molar refractivity (Wildman–Crippen MR) is 77.2 cm³/mol. The Hall–Kier alpha value is -2.66. The first kappa shape index (κ1) is 12.4. The van der Waals surface area contributed by atoms with Gasteiger partial charge in [0.15, 0.2) is 0 Å². The molecule has 0 saturated carbocycles. The summed E-state index contributed by atoms with van der Waals surface area (Å²) in [4.78, 5) is 18.9. The molecular formula is C15H13N3O2. The van der Waals surface area contributed by atoms with Crippen LogP contribution in [-0.4, -0.2) is 27.6 Å². The lowest BCUT2D eigenvalue weighted by Gasteiger charge is -2.04. The summed E-state index contributed by atoms with van der Waals surface area (Å²) in [6, 6.07) is 15.1. The van der Waals surface area contributed by atoms with Crippen molar-refractivity contribution in [1.82, 2.24) is 9.97 Å². The van der Waals surface area contributed by atoms with E-state index in [-0.39, 0.29) is 0 Å². The van der Waals surface area contributed by atoms with Gasteiger partial charge in [0.1, 0.15) is 12.4 Å². The van der Waals surface area contributed by atoms with E-state index in [1.165, 1.54) is 0 Å². The summed E-state index contributed by atoms with van der Waals surface area (Å²) in [5.74, 6) is 0.304. The minimum Gasteiger partial charge on any atom is -0.387 e. The molecule has 0 aliphatic rings. The third kappa shape index (κ3) is 2.39. The second-order valence-corrected chi connectivity index (χ2v) is 4.39. The summed E-state index contributed by atoms with van der Waals surface area (Å²) in [7, 11) is 0. The van der Waals surface area contributed by atoms with Gasteiger partial charge in [-0.05, 0) is 24.3 Å². The number of aliphatic hydroxyl groups is 1. The van der Waals surface area contributed by atoms with Gasteiger partial charge in [0, 0.05) is 11.3 Å². The average molecular weight is 267 g/mol. The second kappa shape index (κ2) is 5.14. The summed E-state index contributed by atoms with van der Waals surface area (Å²) in [6.45, 7) is -0.533. The van der Waals surface area contributed by atoms with E-state index in [2.05, 4.69) is 15.3 Å². The maximum Gasteiger partial charge on any atom is 0.250 e. The molecule has 0 saturated heterocycles. The molecule has 0 aliphatic carbocycles. The Balaban J connectivity index is 1.97. The Morgan fingerprint density at radius 3 is 2.85 bits per heavy atom. The van der Waals surface area contributed by atoms with Gasteiger partial charge in [-0.25, -0.2) is 4.98 Å². The fraction of sp³-hybridized carbons (Fsp3) is 0.0667. The van der Waals surface area contributed by atoms with Gasteiger partial charge in [-0.2, -0.15) is 0 Å². The van der Waals surface area contributed by atoms with Crippen molar-refractivity contribution in [3.63, 3.8) is 0 Å². The number of fused-ring (bicyclic) bond motifs is 1. The van der Waals surface area contributed by atoms with Crippen molar-refractivity contribution in [3.8, 4) is 11.4 Å². The van der Waals surface area contributed by atoms with E-state index in [0.717, 1.165) is 22.4 Å². The number of aliphatic hydroxyl groups excluding tert-OH is 1. The van der Waals surface area contributed by atoms with Crippen LogP contribution in [0.3, 0.4) is 0 Å². The lowest BCUT2D eigenvalue weighted by molar-refractivity contribution is -0.118. The van der Waals surface area contributed by atoms with Crippen molar-refractivity contribution < 1.29 is 9.90 Å². The SMILES string of the molecule is O=C(CO)Nc1cccc(-c2nc3ccccc3[nH]2)c1. The van der Waals surface area contributed by atoms with Crippen molar-refractivity contribution in [2.45, 2.75) is 0 Å². The summed E-state index contributed by atoms with van der Waals surface area (Å²) < 4.78 is 0. The number of nitrogens with zero attached hydrogens (tertiary/aromatic N) is 1. The van der Waals surface area contributed by atoms with Crippen LogP contribution >= 0.6 is 0 Å². The molecule has 0 spiro atoms. The number of hydrogen-bond acceptors (Lipinski definition) is 3. The zero-order valence-electron chi connectivity index (χ0n) is 10.6. The van der Waals surface area contributed by atoms with Gasteiger partial charge < -0.3 is 15.4 Å². The Kier molecular flexibility index (Phi) is 3.18. The van der Waals surface area contributed by atoms with E-state index >= 15 is 0 Å². The number of hydrogen-bond donors (Lipinski definition) is 3. The summed E-state index contributed by atoms with van der Waals surface area (Å²) in [5.41, 5.74) is 3.36. The van der Waals surface area contributed by atoms with Crippen LogP contribution in [0.15, 0.2) is 48.5 Å². The monoisotopic (exact) mass is 267 g/mol. The molecule has 0 radical (unpaired) electrons. The number of para-hydroxylation sites is 2. The Morgan fingerprint density at radius 2 is 2.05 bits per heavy atom. The van der Waals surface area contributed by atoms with E-state index in [0.29, 0.717) is 5.69 Å². The molecule has 2 aromatic carbocycles. The molecular weight excluding hydrogens is 254 g/mol. The standard InChI is InChI=1S/C15H13N3O2/c19-9-14(20)16-11-5-3-4-10(8-11)15-17-12-6-1-2-7-13(12)18-15/h1-8,19H,9H2,(H,16,20)(H,17,18). The summed E-state index contributed by atoms with van der Waals surface area (Å²) in [5, 5.41) is 11.4. The van der Waals surface area contributed by atoms with Gasteiger partial charge in [0.05, 0.1) is 11.0 Å². The molecule has 3 N–H and O–H groups in total. The van der Waals surface area contributed by atoms with Gasteiger partial charge in [0.2, 0.25) is 5.91 Å². The molecule has 1 heterocycles. The molecule has 1 aromatic heterocycles. The van der Waals surface area contributed by atoms with Crippen molar-refractivity contribution in [2.24, 2.45) is 0 Å². The Morgan fingerprint density at radius 1 is 1.20 bits per heavy atom. The Bertz CT molecular complexity index is 731. The van der Waals surface area contributed by atoms with Crippen molar-refractivity contribution >= 4 is 22.6 Å². The third-order valence-electron chi connectivity index (χ3n) is 2.95. The number of benzene rings is 2. The zero-order valence-corrected chi connectivity index (χ0v) is 10.6. The maximum atomic E-state index is 11.2.